The van der Waals surface area contributed by atoms with Gasteiger partial charge in [-0.25, -0.2) is 4.79 Å². The Balaban J connectivity index is 1.49. The second-order valence-electron chi connectivity index (χ2n) is 6.90. The highest BCUT2D eigenvalue weighted by Gasteiger charge is 2.22. The minimum atomic E-state index is -0.336. The molecule has 2 N–H and O–H groups in total. The van der Waals surface area contributed by atoms with E-state index in [0.717, 1.165) is 43.5 Å². The summed E-state index contributed by atoms with van der Waals surface area (Å²) in [5.41, 5.74) is 4.11. The SMILES string of the molecule is COC(=O)c1ccc(NC(=S)N2CC[NH+](Cc3cccc(C)c3)CC2)cc1. The fraction of sp³-hybridized carbons (Fsp3) is 0.333. The van der Waals surface area contributed by atoms with Crippen LogP contribution in [0.5, 0.6) is 0 Å². The molecule has 5 nitrogen and oxygen atoms in total. The molecule has 3 rings (SSSR count). The molecule has 0 radical (unpaired) electrons. The van der Waals surface area contributed by atoms with Crippen molar-refractivity contribution < 1.29 is 14.4 Å². The van der Waals surface area contributed by atoms with Gasteiger partial charge in [0.2, 0.25) is 0 Å². The minimum Gasteiger partial charge on any atom is -0.465 e. The highest BCUT2D eigenvalue weighted by Crippen LogP contribution is 2.11. The van der Waals surface area contributed by atoms with Gasteiger partial charge in [-0.3, -0.25) is 0 Å². The van der Waals surface area contributed by atoms with Crippen LogP contribution in [0, 0.1) is 6.92 Å². The van der Waals surface area contributed by atoms with Gasteiger partial charge < -0.3 is 19.9 Å². The summed E-state index contributed by atoms with van der Waals surface area (Å²) in [4.78, 5) is 15.3. The van der Waals surface area contributed by atoms with Crippen molar-refractivity contribution in [1.82, 2.24) is 4.90 Å². The number of carbonyl (C=O) groups excluding carboxylic acids is 1. The average molecular weight is 385 g/mol. The first-order valence-electron chi connectivity index (χ1n) is 9.18. The maximum absolute atomic E-state index is 11.5. The molecule has 1 fully saturated rings. The maximum Gasteiger partial charge on any atom is 0.337 e. The Kier molecular flexibility index (Phi) is 6.42. The van der Waals surface area contributed by atoms with Gasteiger partial charge in [-0.15, -0.1) is 0 Å². The monoisotopic (exact) mass is 384 g/mol. The van der Waals surface area contributed by atoms with E-state index in [1.807, 2.05) is 12.1 Å². The summed E-state index contributed by atoms with van der Waals surface area (Å²) in [6, 6.07) is 15.9. The number of thiocarbonyl (C=S) groups is 1. The number of piperazine rings is 1. The molecule has 1 saturated heterocycles. The summed E-state index contributed by atoms with van der Waals surface area (Å²) in [6.07, 6.45) is 0. The van der Waals surface area contributed by atoms with Crippen LogP contribution in [0.2, 0.25) is 0 Å². The normalized spacial score (nSPS) is 14.7. The van der Waals surface area contributed by atoms with E-state index < -0.39 is 0 Å². The first-order chi connectivity index (χ1) is 13.0. The number of benzene rings is 2. The van der Waals surface area contributed by atoms with Gasteiger partial charge in [0.25, 0.3) is 0 Å². The third kappa shape index (κ3) is 5.28. The number of carbonyl (C=O) groups is 1. The molecule has 0 unspecified atom stereocenters. The molecule has 1 aliphatic heterocycles. The smallest absolute Gasteiger partial charge is 0.337 e. The third-order valence-electron chi connectivity index (χ3n) is 4.85. The van der Waals surface area contributed by atoms with Crippen LogP contribution in [0.25, 0.3) is 0 Å². The Morgan fingerprint density at radius 1 is 1.19 bits per heavy atom. The Morgan fingerprint density at radius 3 is 2.52 bits per heavy atom. The molecule has 0 aliphatic carbocycles. The Morgan fingerprint density at radius 2 is 1.89 bits per heavy atom. The fourth-order valence-corrected chi connectivity index (χ4v) is 3.62. The molecule has 2 aromatic rings. The van der Waals surface area contributed by atoms with Gasteiger partial charge in [-0.1, -0.05) is 29.8 Å². The van der Waals surface area contributed by atoms with Crippen molar-refractivity contribution in [3.8, 4) is 0 Å². The predicted molar refractivity (Wildman–Crippen MR) is 111 cm³/mol. The molecular weight excluding hydrogens is 358 g/mol. The van der Waals surface area contributed by atoms with Crippen molar-refractivity contribution in [2.24, 2.45) is 0 Å². The molecule has 1 aliphatic rings. The maximum atomic E-state index is 11.5. The first kappa shape index (κ1) is 19.3. The lowest BCUT2D eigenvalue weighted by Crippen LogP contribution is -3.13. The fourth-order valence-electron chi connectivity index (χ4n) is 3.32. The van der Waals surface area contributed by atoms with E-state index in [9.17, 15) is 4.79 Å². The predicted octanol–water partition coefficient (Wildman–Crippen LogP) is 1.88. The van der Waals surface area contributed by atoms with Gasteiger partial charge in [0.1, 0.15) is 6.54 Å². The third-order valence-corrected chi connectivity index (χ3v) is 5.21. The largest absolute Gasteiger partial charge is 0.465 e. The van der Waals surface area contributed by atoms with E-state index in [4.69, 9.17) is 17.0 Å². The number of esters is 1. The van der Waals surface area contributed by atoms with Crippen LogP contribution in [0.1, 0.15) is 21.5 Å². The van der Waals surface area contributed by atoms with E-state index in [0.29, 0.717) is 5.56 Å². The molecule has 0 saturated carbocycles. The Bertz CT molecular complexity index is 799. The van der Waals surface area contributed by atoms with Crippen LogP contribution >= 0.6 is 12.2 Å². The number of quaternary nitrogens is 1. The lowest BCUT2D eigenvalue weighted by molar-refractivity contribution is -0.917. The molecule has 27 heavy (non-hydrogen) atoms. The minimum absolute atomic E-state index is 0.336. The molecule has 0 spiro atoms. The van der Waals surface area contributed by atoms with Crippen LogP contribution in [-0.4, -0.2) is 49.3 Å². The van der Waals surface area contributed by atoms with Crippen molar-refractivity contribution in [3.63, 3.8) is 0 Å². The summed E-state index contributed by atoms with van der Waals surface area (Å²) >= 11 is 5.56. The molecule has 0 bridgehead atoms. The van der Waals surface area contributed by atoms with Crippen molar-refractivity contribution in [2.45, 2.75) is 13.5 Å². The summed E-state index contributed by atoms with van der Waals surface area (Å²) in [7, 11) is 1.38. The van der Waals surface area contributed by atoms with Gasteiger partial charge in [-0.2, -0.15) is 0 Å². The molecule has 1 heterocycles. The molecule has 142 valence electrons. The highest BCUT2D eigenvalue weighted by atomic mass is 32.1. The van der Waals surface area contributed by atoms with Crippen LogP contribution in [0.15, 0.2) is 48.5 Å². The highest BCUT2D eigenvalue weighted by molar-refractivity contribution is 7.80. The van der Waals surface area contributed by atoms with Gasteiger partial charge >= 0.3 is 5.97 Å². The zero-order chi connectivity index (χ0) is 19.2. The summed E-state index contributed by atoms with van der Waals surface area (Å²) in [6.45, 7) is 7.21. The molecule has 2 aromatic carbocycles. The number of nitrogens with zero attached hydrogens (tertiary/aromatic N) is 1. The average Bonchev–Trinajstić information content (AvgIpc) is 2.68. The lowest BCUT2D eigenvalue weighted by atomic mass is 10.1. The van der Waals surface area contributed by atoms with E-state index >= 15 is 0 Å². The van der Waals surface area contributed by atoms with E-state index in [1.54, 1.807) is 17.0 Å². The van der Waals surface area contributed by atoms with Crippen molar-refractivity contribution in [1.29, 1.82) is 0 Å². The number of nitrogens with one attached hydrogen (secondary N) is 2. The van der Waals surface area contributed by atoms with Gasteiger partial charge in [0.15, 0.2) is 5.11 Å². The van der Waals surface area contributed by atoms with Crippen LogP contribution in [0.3, 0.4) is 0 Å². The molecule has 0 aromatic heterocycles. The molecule has 0 amide bonds. The zero-order valence-electron chi connectivity index (χ0n) is 15.8. The first-order valence-corrected chi connectivity index (χ1v) is 9.59. The van der Waals surface area contributed by atoms with E-state index in [1.165, 1.54) is 18.2 Å². The van der Waals surface area contributed by atoms with Crippen LogP contribution < -0.4 is 10.2 Å². The van der Waals surface area contributed by atoms with E-state index in [-0.39, 0.29) is 5.97 Å². The zero-order valence-corrected chi connectivity index (χ0v) is 16.6. The summed E-state index contributed by atoms with van der Waals surface area (Å²) < 4.78 is 4.72. The second-order valence-corrected chi connectivity index (χ2v) is 7.29. The van der Waals surface area contributed by atoms with Crippen LogP contribution in [-0.2, 0) is 11.3 Å². The van der Waals surface area contributed by atoms with Crippen molar-refractivity contribution in [3.05, 3.63) is 65.2 Å². The topological polar surface area (TPSA) is 46.0 Å². The lowest BCUT2D eigenvalue weighted by Gasteiger charge is -2.34. The second kappa shape index (κ2) is 8.97. The van der Waals surface area contributed by atoms with E-state index in [2.05, 4.69) is 41.4 Å². The standard InChI is InChI=1S/C21H25N3O2S/c1-16-4-3-5-17(14-16)15-23-10-12-24(13-11-23)21(27)22-19-8-6-18(7-9-19)20(25)26-2/h3-9,14H,10-13,15H2,1-2H3,(H,22,27)/p+1. The molecular formula is C21H26N3O2S+. The number of rotatable bonds is 4. The molecule has 6 heteroatoms. The molecule has 0 atom stereocenters. The van der Waals surface area contributed by atoms with Crippen molar-refractivity contribution in [2.75, 3.05) is 38.6 Å². The number of anilines is 1. The summed E-state index contributed by atoms with van der Waals surface area (Å²) in [5, 5.41) is 4.00. The number of methoxy groups -OCH3 is 1. The van der Waals surface area contributed by atoms with Crippen molar-refractivity contribution >= 4 is 29.0 Å². The van der Waals surface area contributed by atoms with Gasteiger partial charge in [-0.05, 0) is 43.4 Å². The van der Waals surface area contributed by atoms with Gasteiger partial charge in [0, 0.05) is 11.3 Å². The number of ether oxygens (including phenoxy) is 1. The van der Waals surface area contributed by atoms with Crippen LogP contribution in [0.4, 0.5) is 5.69 Å². The Labute approximate surface area is 165 Å². The quantitative estimate of drug-likeness (QED) is 0.623. The number of hydrogen-bond donors (Lipinski definition) is 2. The van der Waals surface area contributed by atoms with Gasteiger partial charge in [0.05, 0.1) is 38.9 Å². The summed E-state index contributed by atoms with van der Waals surface area (Å²) in [5.74, 6) is -0.336. The number of aryl methyl sites for hydroxylation is 1. The number of hydrogen-bond acceptors (Lipinski definition) is 3. The Hall–Kier alpha value is -2.44.